The van der Waals surface area contributed by atoms with E-state index in [9.17, 15) is 9.59 Å². The molecule has 0 radical (unpaired) electrons. The highest BCUT2D eigenvalue weighted by molar-refractivity contribution is 5.83. The fraction of sp³-hybridized carbons (Fsp3) is 0.867. The van der Waals surface area contributed by atoms with Crippen LogP contribution < -0.4 is 5.32 Å². The van der Waals surface area contributed by atoms with E-state index in [4.69, 9.17) is 0 Å². The molecule has 114 valence electrons. The second kappa shape index (κ2) is 6.57. The van der Waals surface area contributed by atoms with Crippen molar-refractivity contribution in [3.63, 3.8) is 0 Å². The average Bonchev–Trinajstić information content (AvgIpc) is 2.72. The van der Waals surface area contributed by atoms with E-state index in [0.717, 1.165) is 45.4 Å². The first kappa shape index (κ1) is 15.3. The molecule has 2 saturated heterocycles. The van der Waals surface area contributed by atoms with E-state index in [1.54, 1.807) is 0 Å². The van der Waals surface area contributed by atoms with Gasteiger partial charge in [-0.1, -0.05) is 6.92 Å². The van der Waals surface area contributed by atoms with Crippen LogP contribution in [0.4, 0.5) is 0 Å². The van der Waals surface area contributed by atoms with Crippen LogP contribution in [-0.2, 0) is 9.59 Å². The van der Waals surface area contributed by atoms with E-state index in [1.807, 2.05) is 16.7 Å². The van der Waals surface area contributed by atoms with Crippen molar-refractivity contribution in [3.05, 3.63) is 0 Å². The molecule has 2 amide bonds. The Kier molecular flexibility index (Phi) is 5.02. The Balaban J connectivity index is 1.95. The lowest BCUT2D eigenvalue weighted by atomic mass is 9.81. The van der Waals surface area contributed by atoms with Crippen molar-refractivity contribution >= 4 is 11.8 Å². The van der Waals surface area contributed by atoms with Gasteiger partial charge in [-0.25, -0.2) is 0 Å². The van der Waals surface area contributed by atoms with Crippen LogP contribution in [0.5, 0.6) is 0 Å². The summed E-state index contributed by atoms with van der Waals surface area (Å²) < 4.78 is 0. The molecular formula is C15H27N3O2. The molecule has 0 aromatic carbocycles. The van der Waals surface area contributed by atoms with Crippen molar-refractivity contribution in [1.82, 2.24) is 15.1 Å². The molecule has 0 aromatic rings. The molecule has 5 heteroatoms. The average molecular weight is 281 g/mol. The smallest absolute Gasteiger partial charge is 0.229 e. The summed E-state index contributed by atoms with van der Waals surface area (Å²) in [6.07, 6.45) is 3.47. The molecule has 2 heterocycles. The first-order chi connectivity index (χ1) is 9.57. The van der Waals surface area contributed by atoms with Gasteiger partial charge in [0.2, 0.25) is 11.8 Å². The van der Waals surface area contributed by atoms with E-state index in [1.165, 1.54) is 0 Å². The number of hydrogen-bond donors (Lipinski definition) is 1. The third kappa shape index (κ3) is 3.32. The summed E-state index contributed by atoms with van der Waals surface area (Å²) in [5.41, 5.74) is -0.262. The number of piperidine rings is 1. The van der Waals surface area contributed by atoms with Crippen molar-refractivity contribution in [2.75, 3.05) is 39.3 Å². The molecule has 5 nitrogen and oxygen atoms in total. The Labute approximate surface area is 121 Å². The molecule has 1 N–H and O–H groups in total. The number of carbonyl (C=O) groups excluding carboxylic acids is 2. The topological polar surface area (TPSA) is 52.7 Å². The number of rotatable bonds is 2. The quantitative estimate of drug-likeness (QED) is 0.816. The zero-order valence-corrected chi connectivity index (χ0v) is 12.8. The normalized spacial score (nSPS) is 28.1. The van der Waals surface area contributed by atoms with Crippen molar-refractivity contribution in [2.24, 2.45) is 5.41 Å². The molecule has 2 fully saturated rings. The molecule has 2 aliphatic heterocycles. The summed E-state index contributed by atoms with van der Waals surface area (Å²) in [6.45, 7) is 8.68. The molecule has 0 aliphatic carbocycles. The van der Waals surface area contributed by atoms with Gasteiger partial charge in [-0.2, -0.15) is 0 Å². The zero-order valence-electron chi connectivity index (χ0n) is 12.8. The maximum Gasteiger partial charge on any atom is 0.229 e. The first-order valence-corrected chi connectivity index (χ1v) is 7.85. The van der Waals surface area contributed by atoms with Crippen LogP contribution >= 0.6 is 0 Å². The number of nitrogens with one attached hydrogen (secondary N) is 1. The van der Waals surface area contributed by atoms with Crippen molar-refractivity contribution in [2.45, 2.75) is 39.5 Å². The Bertz CT molecular complexity index is 364. The Morgan fingerprint density at radius 1 is 1.10 bits per heavy atom. The van der Waals surface area contributed by atoms with Gasteiger partial charge in [-0.05, 0) is 32.7 Å². The van der Waals surface area contributed by atoms with Crippen molar-refractivity contribution < 1.29 is 9.59 Å². The lowest BCUT2D eigenvalue weighted by Crippen LogP contribution is -2.51. The number of carbonyl (C=O) groups is 2. The number of hydrogen-bond acceptors (Lipinski definition) is 3. The minimum Gasteiger partial charge on any atom is -0.341 e. The summed E-state index contributed by atoms with van der Waals surface area (Å²) in [4.78, 5) is 28.4. The molecule has 1 atom stereocenters. The third-order valence-electron chi connectivity index (χ3n) is 4.55. The second-order valence-electron chi connectivity index (χ2n) is 6.22. The number of nitrogens with zero attached hydrogens (tertiary/aromatic N) is 2. The highest BCUT2D eigenvalue weighted by Gasteiger charge is 2.38. The summed E-state index contributed by atoms with van der Waals surface area (Å²) >= 11 is 0. The predicted octanol–water partition coefficient (Wildman–Crippen LogP) is 0.847. The van der Waals surface area contributed by atoms with Gasteiger partial charge in [-0.3, -0.25) is 9.59 Å². The van der Waals surface area contributed by atoms with Crippen molar-refractivity contribution in [1.29, 1.82) is 0 Å². The minimum absolute atomic E-state index is 0.199. The summed E-state index contributed by atoms with van der Waals surface area (Å²) in [6, 6.07) is 0. The Hall–Kier alpha value is -1.10. The fourth-order valence-electron chi connectivity index (χ4n) is 3.21. The SMILES string of the molecule is CCC(=O)N1CCCN(C(=O)C2(C)CCCNC2)CC1. The second-order valence-corrected chi connectivity index (χ2v) is 6.22. The monoisotopic (exact) mass is 281 g/mol. The summed E-state index contributed by atoms with van der Waals surface area (Å²) in [5, 5.41) is 3.34. The van der Waals surface area contributed by atoms with E-state index >= 15 is 0 Å². The lowest BCUT2D eigenvalue weighted by Gasteiger charge is -2.37. The van der Waals surface area contributed by atoms with Crippen LogP contribution in [0.1, 0.15) is 39.5 Å². The van der Waals surface area contributed by atoms with Crippen LogP contribution in [0.25, 0.3) is 0 Å². The van der Waals surface area contributed by atoms with E-state index in [-0.39, 0.29) is 17.2 Å². The fourth-order valence-corrected chi connectivity index (χ4v) is 3.21. The highest BCUT2D eigenvalue weighted by Crippen LogP contribution is 2.28. The molecule has 20 heavy (non-hydrogen) atoms. The van der Waals surface area contributed by atoms with Crippen LogP contribution in [0, 0.1) is 5.41 Å². The van der Waals surface area contributed by atoms with Gasteiger partial charge in [0.1, 0.15) is 0 Å². The molecule has 2 aliphatic rings. The van der Waals surface area contributed by atoms with E-state index in [0.29, 0.717) is 19.5 Å². The lowest BCUT2D eigenvalue weighted by molar-refractivity contribution is -0.142. The molecule has 0 spiro atoms. The van der Waals surface area contributed by atoms with Gasteiger partial charge < -0.3 is 15.1 Å². The van der Waals surface area contributed by atoms with Crippen LogP contribution in [0.15, 0.2) is 0 Å². The minimum atomic E-state index is -0.262. The van der Waals surface area contributed by atoms with Gasteiger partial charge in [0, 0.05) is 39.1 Å². The molecule has 0 saturated carbocycles. The van der Waals surface area contributed by atoms with E-state index in [2.05, 4.69) is 12.2 Å². The molecular weight excluding hydrogens is 254 g/mol. The van der Waals surface area contributed by atoms with Gasteiger partial charge in [0.05, 0.1) is 5.41 Å². The zero-order chi connectivity index (χ0) is 14.6. The van der Waals surface area contributed by atoms with Crippen molar-refractivity contribution in [3.8, 4) is 0 Å². The maximum absolute atomic E-state index is 12.8. The predicted molar refractivity (Wildman–Crippen MR) is 78.3 cm³/mol. The van der Waals surface area contributed by atoms with Crippen LogP contribution in [0.2, 0.25) is 0 Å². The molecule has 1 unspecified atom stereocenters. The van der Waals surface area contributed by atoms with Gasteiger partial charge >= 0.3 is 0 Å². The highest BCUT2D eigenvalue weighted by atomic mass is 16.2. The Morgan fingerprint density at radius 2 is 1.80 bits per heavy atom. The third-order valence-corrected chi connectivity index (χ3v) is 4.55. The van der Waals surface area contributed by atoms with Crippen LogP contribution in [-0.4, -0.2) is 60.9 Å². The van der Waals surface area contributed by atoms with Gasteiger partial charge in [0.25, 0.3) is 0 Å². The van der Waals surface area contributed by atoms with E-state index < -0.39 is 0 Å². The molecule has 2 rings (SSSR count). The van der Waals surface area contributed by atoms with Gasteiger partial charge in [-0.15, -0.1) is 0 Å². The number of amides is 2. The Morgan fingerprint density at radius 3 is 2.45 bits per heavy atom. The molecule has 0 bridgehead atoms. The first-order valence-electron chi connectivity index (χ1n) is 7.85. The summed E-state index contributed by atoms with van der Waals surface area (Å²) in [5.74, 6) is 0.459. The van der Waals surface area contributed by atoms with Crippen LogP contribution in [0.3, 0.4) is 0 Å². The standard InChI is InChI=1S/C15H27N3O2/c1-3-13(19)17-8-5-9-18(11-10-17)14(20)15(2)6-4-7-16-12-15/h16H,3-12H2,1-2H3. The largest absolute Gasteiger partial charge is 0.341 e. The molecule has 0 aromatic heterocycles. The maximum atomic E-state index is 12.8. The van der Waals surface area contributed by atoms with Gasteiger partial charge in [0.15, 0.2) is 0 Å². The summed E-state index contributed by atoms with van der Waals surface area (Å²) in [7, 11) is 0.